The van der Waals surface area contributed by atoms with E-state index in [1.165, 1.54) is 30.6 Å². The second-order valence-corrected chi connectivity index (χ2v) is 4.86. The molecule has 2 aromatic rings. The Balaban J connectivity index is 0.000000224. The summed E-state index contributed by atoms with van der Waals surface area (Å²) in [6.07, 6.45) is 2.50. The maximum absolute atomic E-state index is 5.63. The van der Waals surface area contributed by atoms with Gasteiger partial charge in [0.25, 0.3) is 0 Å². The Kier molecular flexibility index (Phi) is 9.62. The molecular formula is C21H31NO. The van der Waals surface area contributed by atoms with Crippen LogP contribution in [-0.4, -0.2) is 19.7 Å². The summed E-state index contributed by atoms with van der Waals surface area (Å²) < 4.78 is 5.63. The number of ether oxygens (including phenoxy) is 1. The molecule has 2 aromatic carbocycles. The molecule has 2 aliphatic rings. The standard InChI is InChI=1S/C11H13NO.C6H6.2C2H6/c1-3-9-4-2-6-12-7-8-13-10(5-1)11(9)12;1-2-4-6-5-3-1;2*1-2/h1,3,5H,2,4,6-8H2;1-6H;2*1-2H3. The van der Waals surface area contributed by atoms with E-state index in [9.17, 15) is 0 Å². The number of anilines is 1. The van der Waals surface area contributed by atoms with Gasteiger partial charge in [0.2, 0.25) is 0 Å². The van der Waals surface area contributed by atoms with Gasteiger partial charge in [-0.1, -0.05) is 76.2 Å². The third-order valence-electron chi connectivity index (χ3n) is 3.56. The van der Waals surface area contributed by atoms with Crippen LogP contribution < -0.4 is 9.64 Å². The molecule has 2 nitrogen and oxygen atoms in total. The maximum Gasteiger partial charge on any atom is 0.142 e. The molecule has 23 heavy (non-hydrogen) atoms. The van der Waals surface area contributed by atoms with Crippen LogP contribution >= 0.6 is 0 Å². The Bertz CT molecular complexity index is 470. The quantitative estimate of drug-likeness (QED) is 0.630. The molecule has 0 aliphatic carbocycles. The maximum atomic E-state index is 5.63. The van der Waals surface area contributed by atoms with Crippen molar-refractivity contribution in [2.45, 2.75) is 40.5 Å². The fourth-order valence-corrected chi connectivity index (χ4v) is 2.69. The Hall–Kier alpha value is -1.96. The average Bonchev–Trinajstić information content (AvgIpc) is 2.68. The topological polar surface area (TPSA) is 12.5 Å². The molecule has 0 aromatic heterocycles. The van der Waals surface area contributed by atoms with E-state index >= 15 is 0 Å². The molecular weight excluding hydrogens is 282 g/mol. The number of aryl methyl sites for hydroxylation is 1. The van der Waals surface area contributed by atoms with E-state index in [4.69, 9.17) is 4.74 Å². The van der Waals surface area contributed by atoms with Crippen molar-refractivity contribution in [1.82, 2.24) is 0 Å². The lowest BCUT2D eigenvalue weighted by molar-refractivity contribution is 0.304. The van der Waals surface area contributed by atoms with Gasteiger partial charge < -0.3 is 9.64 Å². The molecule has 0 bridgehead atoms. The first-order valence-electron chi connectivity index (χ1n) is 8.95. The normalized spacial score (nSPS) is 13.5. The van der Waals surface area contributed by atoms with Crippen LogP contribution in [0.1, 0.15) is 39.7 Å². The molecule has 2 heterocycles. The minimum absolute atomic E-state index is 0.844. The fraction of sp³-hybridized carbons (Fsp3) is 0.429. The lowest BCUT2D eigenvalue weighted by Gasteiger charge is -2.36. The average molecular weight is 313 g/mol. The van der Waals surface area contributed by atoms with E-state index in [0.717, 1.165) is 18.9 Å². The summed E-state index contributed by atoms with van der Waals surface area (Å²) in [5.74, 6) is 1.09. The van der Waals surface area contributed by atoms with Crippen molar-refractivity contribution in [2.75, 3.05) is 24.6 Å². The zero-order chi connectivity index (χ0) is 16.9. The van der Waals surface area contributed by atoms with Gasteiger partial charge in [-0.15, -0.1) is 0 Å². The zero-order valence-electron chi connectivity index (χ0n) is 15.1. The van der Waals surface area contributed by atoms with Crippen LogP contribution in [0.5, 0.6) is 5.75 Å². The number of nitrogens with zero attached hydrogens (tertiary/aromatic N) is 1. The number of hydrogen-bond acceptors (Lipinski definition) is 2. The molecule has 0 N–H and O–H groups in total. The van der Waals surface area contributed by atoms with Crippen LogP contribution in [0.25, 0.3) is 0 Å². The van der Waals surface area contributed by atoms with E-state index in [1.54, 1.807) is 0 Å². The van der Waals surface area contributed by atoms with Crippen molar-refractivity contribution in [3.8, 4) is 5.75 Å². The third kappa shape index (κ3) is 5.63. The number of rotatable bonds is 0. The summed E-state index contributed by atoms with van der Waals surface area (Å²) in [6.45, 7) is 11.1. The second kappa shape index (κ2) is 11.6. The highest BCUT2D eigenvalue weighted by molar-refractivity contribution is 5.66. The SMILES string of the molecule is CC.CC.c1cc2c3c(c1)OCCN3CCC2.c1ccccc1. The molecule has 0 fully saturated rings. The van der Waals surface area contributed by atoms with E-state index in [0.29, 0.717) is 0 Å². The summed E-state index contributed by atoms with van der Waals surface area (Å²) in [7, 11) is 0. The first-order valence-corrected chi connectivity index (χ1v) is 8.95. The number of benzene rings is 2. The van der Waals surface area contributed by atoms with E-state index in [1.807, 2.05) is 64.1 Å². The molecule has 4 rings (SSSR count). The van der Waals surface area contributed by atoms with Gasteiger partial charge >= 0.3 is 0 Å². The Morgan fingerprint density at radius 2 is 1.39 bits per heavy atom. The van der Waals surface area contributed by atoms with Crippen molar-refractivity contribution < 1.29 is 4.74 Å². The Morgan fingerprint density at radius 3 is 2.00 bits per heavy atom. The molecule has 0 saturated carbocycles. The van der Waals surface area contributed by atoms with Crippen molar-refractivity contribution in [3.05, 3.63) is 60.2 Å². The van der Waals surface area contributed by atoms with Gasteiger partial charge in [-0.2, -0.15) is 0 Å². The van der Waals surface area contributed by atoms with Gasteiger partial charge in [0.05, 0.1) is 12.2 Å². The molecule has 0 saturated heterocycles. The van der Waals surface area contributed by atoms with Crippen LogP contribution in [-0.2, 0) is 6.42 Å². The highest BCUT2D eigenvalue weighted by Gasteiger charge is 2.23. The lowest BCUT2D eigenvalue weighted by atomic mass is 10.0. The van der Waals surface area contributed by atoms with Crippen molar-refractivity contribution in [3.63, 3.8) is 0 Å². The minimum atomic E-state index is 0.844. The summed E-state index contributed by atoms with van der Waals surface area (Å²) >= 11 is 0. The van der Waals surface area contributed by atoms with Crippen molar-refractivity contribution >= 4 is 5.69 Å². The van der Waals surface area contributed by atoms with Crippen LogP contribution in [0, 0.1) is 0 Å². The first kappa shape index (κ1) is 19.1. The van der Waals surface area contributed by atoms with Gasteiger partial charge in [-0.05, 0) is 24.5 Å². The second-order valence-electron chi connectivity index (χ2n) is 4.86. The summed E-state index contributed by atoms with van der Waals surface area (Å²) in [5.41, 5.74) is 2.82. The van der Waals surface area contributed by atoms with Crippen LogP contribution in [0.15, 0.2) is 54.6 Å². The molecule has 0 radical (unpaired) electrons. The van der Waals surface area contributed by atoms with Gasteiger partial charge in [0.1, 0.15) is 12.4 Å². The van der Waals surface area contributed by atoms with Gasteiger partial charge in [0.15, 0.2) is 0 Å². The van der Waals surface area contributed by atoms with E-state index in [-0.39, 0.29) is 0 Å². The molecule has 2 aliphatic heterocycles. The predicted molar refractivity (Wildman–Crippen MR) is 102 cm³/mol. The summed E-state index contributed by atoms with van der Waals surface area (Å²) in [5, 5.41) is 0. The van der Waals surface area contributed by atoms with Crippen molar-refractivity contribution in [2.24, 2.45) is 0 Å². The van der Waals surface area contributed by atoms with Crippen molar-refractivity contribution in [1.29, 1.82) is 0 Å². The van der Waals surface area contributed by atoms with E-state index in [2.05, 4.69) is 23.1 Å². The minimum Gasteiger partial charge on any atom is -0.490 e. The van der Waals surface area contributed by atoms with Gasteiger partial charge in [-0.25, -0.2) is 0 Å². The molecule has 2 heteroatoms. The van der Waals surface area contributed by atoms with Gasteiger partial charge in [-0.3, -0.25) is 0 Å². The smallest absolute Gasteiger partial charge is 0.142 e. The lowest BCUT2D eigenvalue weighted by Crippen LogP contribution is -2.36. The van der Waals surface area contributed by atoms with Crippen LogP contribution in [0.3, 0.4) is 0 Å². The molecule has 0 unspecified atom stereocenters. The number of para-hydroxylation sites is 1. The molecule has 0 spiro atoms. The molecule has 126 valence electrons. The zero-order valence-corrected chi connectivity index (χ0v) is 15.1. The third-order valence-corrected chi connectivity index (χ3v) is 3.56. The van der Waals surface area contributed by atoms with Gasteiger partial charge in [0, 0.05) is 6.54 Å². The first-order chi connectivity index (χ1) is 11.4. The highest BCUT2D eigenvalue weighted by atomic mass is 16.5. The van der Waals surface area contributed by atoms with Crippen LogP contribution in [0.2, 0.25) is 0 Å². The predicted octanol–water partition coefficient (Wildman–Crippen LogP) is 5.57. The fourth-order valence-electron chi connectivity index (χ4n) is 2.69. The molecule has 0 amide bonds. The Labute approximate surface area is 142 Å². The highest BCUT2D eigenvalue weighted by Crippen LogP contribution is 2.37. The van der Waals surface area contributed by atoms with Crippen LogP contribution in [0.4, 0.5) is 5.69 Å². The summed E-state index contributed by atoms with van der Waals surface area (Å²) in [6, 6.07) is 18.4. The Morgan fingerprint density at radius 1 is 0.783 bits per heavy atom. The number of hydrogen-bond donors (Lipinski definition) is 0. The summed E-state index contributed by atoms with van der Waals surface area (Å²) in [4.78, 5) is 2.46. The largest absolute Gasteiger partial charge is 0.490 e. The van der Waals surface area contributed by atoms with E-state index < -0.39 is 0 Å². The monoisotopic (exact) mass is 313 g/mol. The molecule has 0 atom stereocenters.